The van der Waals surface area contributed by atoms with Crippen molar-refractivity contribution < 1.29 is 13.6 Å². The standard InChI is InChI=1S/C25H21FN2O2/c1-16-6-4-7-17(14-16)18-11-12-23-21(15-18)27-24(30-23)22-10-5-13-28(22)25(29)19-8-2-3-9-20(19)26/h2-4,6-9,11-12,14-15,22H,5,10,13H2,1H3. The Morgan fingerprint density at radius 3 is 2.73 bits per heavy atom. The fourth-order valence-electron chi connectivity index (χ4n) is 4.15. The molecule has 0 bridgehead atoms. The molecule has 0 spiro atoms. The Morgan fingerprint density at radius 2 is 1.90 bits per heavy atom. The van der Waals surface area contributed by atoms with E-state index in [9.17, 15) is 9.18 Å². The van der Waals surface area contributed by atoms with Crippen molar-refractivity contribution in [2.24, 2.45) is 0 Å². The van der Waals surface area contributed by atoms with Crippen molar-refractivity contribution in [3.05, 3.63) is 89.6 Å². The maximum Gasteiger partial charge on any atom is 0.257 e. The van der Waals surface area contributed by atoms with E-state index in [1.807, 2.05) is 24.3 Å². The number of likely N-dealkylation sites (tertiary alicyclic amines) is 1. The van der Waals surface area contributed by atoms with Crippen molar-refractivity contribution in [1.29, 1.82) is 0 Å². The van der Waals surface area contributed by atoms with Crippen LogP contribution in [0.25, 0.3) is 22.2 Å². The molecule has 1 aliphatic heterocycles. The Balaban J connectivity index is 1.48. The number of rotatable bonds is 3. The number of halogens is 1. The van der Waals surface area contributed by atoms with Gasteiger partial charge in [0.25, 0.3) is 5.91 Å². The van der Waals surface area contributed by atoms with Crippen molar-refractivity contribution in [2.45, 2.75) is 25.8 Å². The van der Waals surface area contributed by atoms with Gasteiger partial charge in [-0.05, 0) is 55.2 Å². The van der Waals surface area contributed by atoms with Gasteiger partial charge in [0.2, 0.25) is 5.89 Å². The van der Waals surface area contributed by atoms with Gasteiger partial charge in [-0.25, -0.2) is 9.37 Å². The van der Waals surface area contributed by atoms with E-state index >= 15 is 0 Å². The van der Waals surface area contributed by atoms with Crippen molar-refractivity contribution in [2.75, 3.05) is 6.54 Å². The van der Waals surface area contributed by atoms with E-state index < -0.39 is 5.82 Å². The molecular weight excluding hydrogens is 379 g/mol. The summed E-state index contributed by atoms with van der Waals surface area (Å²) in [6.45, 7) is 2.63. The molecule has 30 heavy (non-hydrogen) atoms. The minimum absolute atomic E-state index is 0.0854. The van der Waals surface area contributed by atoms with E-state index in [1.165, 1.54) is 17.7 Å². The normalized spacial score (nSPS) is 16.3. The summed E-state index contributed by atoms with van der Waals surface area (Å²) < 4.78 is 20.2. The quantitative estimate of drug-likeness (QED) is 0.429. The van der Waals surface area contributed by atoms with Crippen LogP contribution in [0.15, 0.2) is 71.1 Å². The number of fused-ring (bicyclic) bond motifs is 1. The molecule has 3 aromatic carbocycles. The van der Waals surface area contributed by atoms with Gasteiger partial charge in [-0.1, -0.05) is 48.0 Å². The van der Waals surface area contributed by atoms with Gasteiger partial charge in [0.1, 0.15) is 17.4 Å². The number of carbonyl (C=O) groups is 1. The molecule has 2 heterocycles. The molecule has 150 valence electrons. The Bertz CT molecular complexity index is 1250. The molecule has 4 aromatic rings. The van der Waals surface area contributed by atoms with Crippen molar-refractivity contribution in [1.82, 2.24) is 9.88 Å². The summed E-state index contributed by atoms with van der Waals surface area (Å²) >= 11 is 0. The first-order chi connectivity index (χ1) is 14.6. The third-order valence-electron chi connectivity index (χ3n) is 5.66. The van der Waals surface area contributed by atoms with Gasteiger partial charge in [-0.2, -0.15) is 0 Å². The molecule has 1 atom stereocenters. The lowest BCUT2D eigenvalue weighted by atomic mass is 10.0. The van der Waals surface area contributed by atoms with Crippen LogP contribution >= 0.6 is 0 Å². The fraction of sp³-hybridized carbons (Fsp3) is 0.200. The second-order valence-electron chi connectivity index (χ2n) is 7.74. The molecular formula is C25H21FN2O2. The van der Waals surface area contributed by atoms with Crippen molar-refractivity contribution >= 4 is 17.0 Å². The number of nitrogens with zero attached hydrogens (tertiary/aromatic N) is 2. The fourth-order valence-corrected chi connectivity index (χ4v) is 4.15. The molecule has 0 saturated carbocycles. The van der Waals surface area contributed by atoms with E-state index in [2.05, 4.69) is 25.1 Å². The number of carbonyl (C=O) groups excluding carboxylic acids is 1. The van der Waals surface area contributed by atoms with Gasteiger partial charge in [0, 0.05) is 6.54 Å². The summed E-state index contributed by atoms with van der Waals surface area (Å²) in [5.41, 5.74) is 4.92. The topological polar surface area (TPSA) is 46.3 Å². The number of aromatic nitrogens is 1. The van der Waals surface area contributed by atoms with Crippen LogP contribution in [-0.2, 0) is 0 Å². The van der Waals surface area contributed by atoms with Crippen molar-refractivity contribution in [3.63, 3.8) is 0 Å². The Kier molecular flexibility index (Phi) is 4.58. The first-order valence-electron chi connectivity index (χ1n) is 10.1. The molecule has 1 unspecified atom stereocenters. The van der Waals surface area contributed by atoms with Crippen LogP contribution < -0.4 is 0 Å². The van der Waals surface area contributed by atoms with E-state index in [0.717, 1.165) is 29.5 Å². The largest absolute Gasteiger partial charge is 0.438 e. The summed E-state index contributed by atoms with van der Waals surface area (Å²) in [6, 6.07) is 20.1. The number of benzene rings is 3. The van der Waals surface area contributed by atoms with Gasteiger partial charge < -0.3 is 9.32 Å². The van der Waals surface area contributed by atoms with Crippen LogP contribution in [0, 0.1) is 12.7 Å². The third-order valence-corrected chi connectivity index (χ3v) is 5.66. The lowest BCUT2D eigenvalue weighted by Gasteiger charge is -2.22. The minimum atomic E-state index is -0.506. The van der Waals surface area contributed by atoms with Gasteiger partial charge in [-0.15, -0.1) is 0 Å². The van der Waals surface area contributed by atoms with E-state index in [-0.39, 0.29) is 17.5 Å². The van der Waals surface area contributed by atoms with E-state index in [0.29, 0.717) is 18.0 Å². The maximum atomic E-state index is 14.1. The van der Waals surface area contributed by atoms with Crippen LogP contribution in [0.4, 0.5) is 4.39 Å². The predicted octanol–water partition coefficient (Wildman–Crippen LogP) is 5.92. The van der Waals surface area contributed by atoms with Gasteiger partial charge >= 0.3 is 0 Å². The highest BCUT2D eigenvalue weighted by molar-refractivity contribution is 5.95. The molecule has 0 radical (unpaired) electrons. The van der Waals surface area contributed by atoms with Crippen LogP contribution in [0.3, 0.4) is 0 Å². The van der Waals surface area contributed by atoms with Crippen LogP contribution in [-0.4, -0.2) is 22.3 Å². The molecule has 5 rings (SSSR count). The molecule has 5 heteroatoms. The minimum Gasteiger partial charge on any atom is -0.438 e. The highest BCUT2D eigenvalue weighted by atomic mass is 19.1. The zero-order valence-electron chi connectivity index (χ0n) is 16.6. The lowest BCUT2D eigenvalue weighted by Crippen LogP contribution is -2.31. The monoisotopic (exact) mass is 400 g/mol. The molecule has 1 amide bonds. The van der Waals surface area contributed by atoms with Crippen molar-refractivity contribution in [3.8, 4) is 11.1 Å². The molecule has 1 aromatic heterocycles. The smallest absolute Gasteiger partial charge is 0.257 e. The highest BCUT2D eigenvalue weighted by Gasteiger charge is 2.34. The zero-order chi connectivity index (χ0) is 20.7. The SMILES string of the molecule is Cc1cccc(-c2ccc3oc(C4CCCN4C(=O)c4ccccc4F)nc3c2)c1. The molecule has 0 N–H and O–H groups in total. The third kappa shape index (κ3) is 3.26. The van der Waals surface area contributed by atoms with Gasteiger partial charge in [-0.3, -0.25) is 4.79 Å². The Labute approximate surface area is 174 Å². The Hall–Kier alpha value is -3.47. The first-order valence-corrected chi connectivity index (χ1v) is 10.1. The molecule has 1 fully saturated rings. The average Bonchev–Trinajstić information content (AvgIpc) is 3.40. The summed E-state index contributed by atoms with van der Waals surface area (Å²) in [6.07, 6.45) is 1.58. The maximum absolute atomic E-state index is 14.1. The van der Waals surface area contributed by atoms with E-state index in [4.69, 9.17) is 9.40 Å². The van der Waals surface area contributed by atoms with Crippen LogP contribution in [0.2, 0.25) is 0 Å². The number of aryl methyl sites for hydroxylation is 1. The molecule has 1 saturated heterocycles. The number of oxazole rings is 1. The number of hydrogen-bond donors (Lipinski definition) is 0. The summed E-state index contributed by atoms with van der Waals surface area (Å²) in [4.78, 5) is 19.3. The molecule has 0 aliphatic carbocycles. The van der Waals surface area contributed by atoms with Crippen LogP contribution in [0.5, 0.6) is 0 Å². The van der Waals surface area contributed by atoms with Gasteiger partial charge in [0.05, 0.1) is 5.56 Å². The Morgan fingerprint density at radius 1 is 1.07 bits per heavy atom. The second-order valence-corrected chi connectivity index (χ2v) is 7.74. The predicted molar refractivity (Wildman–Crippen MR) is 114 cm³/mol. The number of hydrogen-bond acceptors (Lipinski definition) is 3. The second kappa shape index (κ2) is 7.41. The lowest BCUT2D eigenvalue weighted by molar-refractivity contribution is 0.0712. The van der Waals surface area contributed by atoms with Gasteiger partial charge in [0.15, 0.2) is 5.58 Å². The first kappa shape index (κ1) is 18.6. The van der Waals surface area contributed by atoms with E-state index in [1.54, 1.807) is 17.0 Å². The average molecular weight is 400 g/mol. The molecule has 1 aliphatic rings. The number of amides is 1. The summed E-state index contributed by atoms with van der Waals surface area (Å²) in [5.74, 6) is -0.319. The zero-order valence-corrected chi connectivity index (χ0v) is 16.6. The highest BCUT2D eigenvalue weighted by Crippen LogP contribution is 2.35. The summed E-state index contributed by atoms with van der Waals surface area (Å²) in [5, 5.41) is 0. The summed E-state index contributed by atoms with van der Waals surface area (Å²) in [7, 11) is 0. The molecule has 4 nitrogen and oxygen atoms in total. The van der Waals surface area contributed by atoms with Crippen LogP contribution in [0.1, 0.15) is 40.7 Å².